The fourth-order valence-electron chi connectivity index (χ4n) is 3.89. The van der Waals surface area contributed by atoms with Gasteiger partial charge in [-0.3, -0.25) is 9.59 Å². The van der Waals surface area contributed by atoms with Gasteiger partial charge in [-0.1, -0.05) is 15.9 Å². The number of halogens is 2. The summed E-state index contributed by atoms with van der Waals surface area (Å²) in [4.78, 5) is 29.9. The third kappa shape index (κ3) is 3.00. The molecular weight excluding hydrogens is 391 g/mol. The van der Waals surface area contributed by atoms with Crippen LogP contribution in [-0.2, 0) is 9.53 Å². The largest absolute Gasteiger partial charge is 0.377 e. The first-order valence-corrected chi connectivity index (χ1v) is 9.23. The van der Waals surface area contributed by atoms with E-state index in [0.29, 0.717) is 47.2 Å². The fraction of sp³-hybridized carbons (Fsp3) is 0.444. The molecule has 1 saturated heterocycles. The highest BCUT2D eigenvalue weighted by Gasteiger charge is 2.39. The van der Waals surface area contributed by atoms with Crippen LogP contribution in [0.25, 0.3) is 10.9 Å². The molecule has 4 rings (SSSR count). The first-order chi connectivity index (χ1) is 12.0. The molecule has 0 radical (unpaired) electrons. The van der Waals surface area contributed by atoms with Crippen LogP contribution in [0.5, 0.6) is 0 Å². The number of rotatable bonds is 2. The Balaban J connectivity index is 1.66. The Morgan fingerprint density at radius 1 is 1.36 bits per heavy atom. The molecule has 5 nitrogen and oxygen atoms in total. The van der Waals surface area contributed by atoms with Crippen LogP contribution < -0.4 is 0 Å². The van der Waals surface area contributed by atoms with Crippen molar-refractivity contribution in [2.45, 2.75) is 25.3 Å². The second-order valence-corrected chi connectivity index (χ2v) is 7.55. The standard InChI is InChI=1S/C18H18BrFN2O3/c19-10-6-13(20)12-8-15(21-14(12)7-10)18(24)22-4-5-25-9-16(22)11-2-1-3-17(11)23/h6-8,11,16,21H,1-5,9H2. The lowest BCUT2D eigenvalue weighted by molar-refractivity contribution is -0.124. The number of benzene rings is 1. The molecule has 7 heteroatoms. The lowest BCUT2D eigenvalue weighted by Gasteiger charge is -2.38. The minimum atomic E-state index is -0.385. The average Bonchev–Trinajstić information content (AvgIpc) is 3.20. The Morgan fingerprint density at radius 2 is 2.20 bits per heavy atom. The summed E-state index contributed by atoms with van der Waals surface area (Å²) in [6.07, 6.45) is 2.24. The molecule has 2 unspecified atom stereocenters. The Bertz CT molecular complexity index is 850. The number of nitrogens with zero attached hydrogens (tertiary/aromatic N) is 1. The molecule has 132 valence electrons. The predicted molar refractivity (Wildman–Crippen MR) is 93.9 cm³/mol. The van der Waals surface area contributed by atoms with Gasteiger partial charge in [0.15, 0.2) is 0 Å². The molecule has 0 spiro atoms. The van der Waals surface area contributed by atoms with Gasteiger partial charge < -0.3 is 14.6 Å². The molecule has 1 amide bonds. The number of fused-ring (bicyclic) bond motifs is 1. The summed E-state index contributed by atoms with van der Waals surface area (Å²) in [7, 11) is 0. The van der Waals surface area contributed by atoms with Gasteiger partial charge in [-0.25, -0.2) is 4.39 Å². The number of carbonyl (C=O) groups excluding carboxylic acids is 2. The van der Waals surface area contributed by atoms with Gasteiger partial charge >= 0.3 is 0 Å². The number of ketones is 1. The first kappa shape index (κ1) is 16.7. The molecule has 2 aliphatic rings. The molecule has 1 saturated carbocycles. The predicted octanol–water partition coefficient (Wildman–Crippen LogP) is 3.28. The SMILES string of the molecule is O=C1CCCC1C1COCCN1C(=O)c1cc2c(F)cc(Br)cc2[nH]1. The van der Waals surface area contributed by atoms with Crippen LogP contribution in [0.2, 0.25) is 0 Å². The summed E-state index contributed by atoms with van der Waals surface area (Å²) in [6, 6.07) is 4.42. The maximum absolute atomic E-state index is 14.1. The Labute approximate surface area is 152 Å². The van der Waals surface area contributed by atoms with Crippen molar-refractivity contribution in [1.82, 2.24) is 9.88 Å². The molecule has 2 atom stereocenters. The van der Waals surface area contributed by atoms with E-state index in [2.05, 4.69) is 20.9 Å². The van der Waals surface area contributed by atoms with Gasteiger partial charge in [0.2, 0.25) is 0 Å². The van der Waals surface area contributed by atoms with E-state index in [-0.39, 0.29) is 29.5 Å². The summed E-state index contributed by atoms with van der Waals surface area (Å²) in [5.74, 6) is -0.539. The van der Waals surface area contributed by atoms with Crippen LogP contribution >= 0.6 is 15.9 Å². The van der Waals surface area contributed by atoms with E-state index in [1.165, 1.54) is 6.07 Å². The molecule has 25 heavy (non-hydrogen) atoms. The molecule has 0 bridgehead atoms. The van der Waals surface area contributed by atoms with Crippen LogP contribution in [0.3, 0.4) is 0 Å². The van der Waals surface area contributed by atoms with E-state index < -0.39 is 0 Å². The fourth-order valence-corrected chi connectivity index (χ4v) is 4.32. The number of hydrogen-bond acceptors (Lipinski definition) is 3. The highest BCUT2D eigenvalue weighted by molar-refractivity contribution is 9.10. The van der Waals surface area contributed by atoms with Crippen LogP contribution in [0.1, 0.15) is 29.8 Å². The van der Waals surface area contributed by atoms with Gasteiger partial charge in [0.25, 0.3) is 5.91 Å². The van der Waals surface area contributed by atoms with Gasteiger partial charge in [-0.2, -0.15) is 0 Å². The molecule has 1 aromatic carbocycles. The van der Waals surface area contributed by atoms with Gasteiger partial charge in [0, 0.05) is 28.7 Å². The Kier molecular flexibility index (Phi) is 4.37. The number of ether oxygens (including phenoxy) is 1. The molecule has 2 fully saturated rings. The van der Waals surface area contributed by atoms with E-state index in [0.717, 1.165) is 12.8 Å². The maximum Gasteiger partial charge on any atom is 0.270 e. The monoisotopic (exact) mass is 408 g/mol. The van der Waals surface area contributed by atoms with Crippen LogP contribution in [0.4, 0.5) is 4.39 Å². The van der Waals surface area contributed by atoms with Crippen molar-refractivity contribution in [3.05, 3.63) is 34.2 Å². The van der Waals surface area contributed by atoms with E-state index >= 15 is 0 Å². The third-order valence-corrected chi connectivity index (χ3v) is 5.58. The van der Waals surface area contributed by atoms with E-state index in [4.69, 9.17) is 4.74 Å². The normalized spacial score (nSPS) is 24.2. The summed E-state index contributed by atoms with van der Waals surface area (Å²) >= 11 is 3.26. The summed E-state index contributed by atoms with van der Waals surface area (Å²) in [5, 5.41) is 0.383. The molecule has 2 aromatic rings. The van der Waals surface area contributed by atoms with Gasteiger partial charge in [0.1, 0.15) is 17.3 Å². The zero-order valence-electron chi connectivity index (χ0n) is 13.6. The smallest absolute Gasteiger partial charge is 0.270 e. The zero-order chi connectivity index (χ0) is 17.6. The van der Waals surface area contributed by atoms with Crippen LogP contribution in [0, 0.1) is 11.7 Å². The number of aromatic amines is 1. The number of Topliss-reactive ketones (excluding diaryl/α,β-unsaturated/α-hetero) is 1. The number of amides is 1. The Morgan fingerprint density at radius 3 is 2.96 bits per heavy atom. The lowest BCUT2D eigenvalue weighted by Crippen LogP contribution is -2.53. The molecular formula is C18H18BrFN2O3. The minimum Gasteiger partial charge on any atom is -0.377 e. The van der Waals surface area contributed by atoms with E-state index in [1.807, 2.05) is 0 Å². The van der Waals surface area contributed by atoms with Gasteiger partial charge in [-0.05, 0) is 31.0 Å². The van der Waals surface area contributed by atoms with Crippen molar-refractivity contribution in [2.75, 3.05) is 19.8 Å². The highest BCUT2D eigenvalue weighted by atomic mass is 79.9. The second kappa shape index (κ2) is 6.53. The number of morpholine rings is 1. The van der Waals surface area contributed by atoms with Crippen molar-refractivity contribution in [2.24, 2.45) is 5.92 Å². The number of aromatic nitrogens is 1. The van der Waals surface area contributed by atoms with Crippen molar-refractivity contribution >= 4 is 38.5 Å². The van der Waals surface area contributed by atoms with Gasteiger partial charge in [-0.15, -0.1) is 0 Å². The van der Waals surface area contributed by atoms with Crippen molar-refractivity contribution in [3.8, 4) is 0 Å². The van der Waals surface area contributed by atoms with Crippen LogP contribution in [-0.4, -0.2) is 47.4 Å². The molecule has 1 aliphatic carbocycles. The van der Waals surface area contributed by atoms with Crippen molar-refractivity contribution < 1.29 is 18.7 Å². The summed E-state index contributed by atoms with van der Waals surface area (Å²) < 4.78 is 20.2. The van der Waals surface area contributed by atoms with E-state index in [9.17, 15) is 14.0 Å². The molecule has 2 heterocycles. The molecule has 1 aromatic heterocycles. The topological polar surface area (TPSA) is 62.4 Å². The Hall–Kier alpha value is -1.73. The molecule has 1 aliphatic heterocycles. The first-order valence-electron chi connectivity index (χ1n) is 8.44. The molecule has 1 N–H and O–H groups in total. The third-order valence-electron chi connectivity index (χ3n) is 5.13. The average molecular weight is 409 g/mol. The quantitative estimate of drug-likeness (QED) is 0.828. The lowest BCUT2D eigenvalue weighted by atomic mass is 9.95. The summed E-state index contributed by atoms with van der Waals surface area (Å²) in [6.45, 7) is 1.26. The van der Waals surface area contributed by atoms with Crippen molar-refractivity contribution in [1.29, 1.82) is 0 Å². The number of hydrogen-bond donors (Lipinski definition) is 1. The minimum absolute atomic E-state index is 0.153. The maximum atomic E-state index is 14.1. The number of nitrogens with one attached hydrogen (secondary N) is 1. The zero-order valence-corrected chi connectivity index (χ0v) is 15.1. The van der Waals surface area contributed by atoms with E-state index in [1.54, 1.807) is 17.0 Å². The highest BCUT2D eigenvalue weighted by Crippen LogP contribution is 2.31. The number of H-pyrrole nitrogens is 1. The van der Waals surface area contributed by atoms with Gasteiger partial charge in [0.05, 0.1) is 24.8 Å². The van der Waals surface area contributed by atoms with Crippen LogP contribution in [0.15, 0.2) is 22.7 Å². The second-order valence-electron chi connectivity index (χ2n) is 6.64. The van der Waals surface area contributed by atoms with Crippen molar-refractivity contribution in [3.63, 3.8) is 0 Å². The summed E-state index contributed by atoms with van der Waals surface area (Å²) in [5.41, 5.74) is 0.904. The number of carbonyl (C=O) groups is 2.